The average Bonchev–Trinajstić information content (AvgIpc) is 3.03. The third-order valence-corrected chi connectivity index (χ3v) is 11.0. The van der Waals surface area contributed by atoms with Crippen molar-refractivity contribution in [2.45, 2.75) is 90.8 Å². The second-order valence-electron chi connectivity index (χ2n) is 11.6. The first-order valence-electron chi connectivity index (χ1n) is 11.5. The fourth-order valence-electron chi connectivity index (χ4n) is 3.69. The molecule has 1 aliphatic heterocycles. The van der Waals surface area contributed by atoms with Gasteiger partial charge in [0.15, 0.2) is 8.32 Å². The molecular weight excluding hydrogens is 404 g/mol. The van der Waals surface area contributed by atoms with Crippen molar-refractivity contribution in [1.82, 2.24) is 9.80 Å². The first-order chi connectivity index (χ1) is 14.1. The first-order valence-corrected chi connectivity index (χ1v) is 14.4. The zero-order valence-electron chi connectivity index (χ0n) is 21.4. The van der Waals surface area contributed by atoms with Gasteiger partial charge in [-0.25, -0.2) is 4.79 Å². The highest BCUT2D eigenvalue weighted by atomic mass is 28.4. The van der Waals surface area contributed by atoms with Crippen LogP contribution in [0.25, 0.3) is 0 Å². The van der Waals surface area contributed by atoms with E-state index in [0.29, 0.717) is 0 Å². The number of benzene rings is 1. The quantitative estimate of drug-likeness (QED) is 0.501. The number of nitrogens with zero attached hydrogens (tertiary/aromatic N) is 2. The van der Waals surface area contributed by atoms with Crippen LogP contribution in [0.1, 0.15) is 65.1 Å². The molecule has 2 atom stereocenters. The molecule has 1 saturated heterocycles. The highest BCUT2D eigenvalue weighted by Gasteiger charge is 2.41. The summed E-state index contributed by atoms with van der Waals surface area (Å²) in [4.78, 5) is 17.0. The normalized spacial score (nSPS) is 19.4. The largest absolute Gasteiger partial charge is 0.444 e. The minimum absolute atomic E-state index is 0.0682. The van der Waals surface area contributed by atoms with Crippen molar-refractivity contribution in [1.29, 1.82) is 0 Å². The molecule has 1 heterocycles. The van der Waals surface area contributed by atoms with Gasteiger partial charge in [0.2, 0.25) is 0 Å². The van der Waals surface area contributed by atoms with Gasteiger partial charge >= 0.3 is 6.09 Å². The summed E-state index contributed by atoms with van der Waals surface area (Å²) in [5.74, 6) is 0. The van der Waals surface area contributed by atoms with E-state index < -0.39 is 13.9 Å². The smallest absolute Gasteiger partial charge is 0.410 e. The summed E-state index contributed by atoms with van der Waals surface area (Å²) in [5.41, 5.74) is 1.82. The number of carbonyl (C=O) groups excluding carboxylic acids is 1. The summed E-state index contributed by atoms with van der Waals surface area (Å²) < 4.78 is 12.3. The van der Waals surface area contributed by atoms with E-state index in [-0.39, 0.29) is 23.3 Å². The maximum atomic E-state index is 12.9. The molecule has 0 spiro atoms. The molecule has 0 N–H and O–H groups in total. The maximum absolute atomic E-state index is 12.9. The topological polar surface area (TPSA) is 42.0 Å². The van der Waals surface area contributed by atoms with Crippen LogP contribution in [0.5, 0.6) is 0 Å². The number of rotatable bonds is 6. The lowest BCUT2D eigenvalue weighted by Crippen LogP contribution is -2.45. The minimum atomic E-state index is -1.79. The van der Waals surface area contributed by atoms with Crippen molar-refractivity contribution in [3.05, 3.63) is 35.4 Å². The highest BCUT2D eigenvalue weighted by Crippen LogP contribution is 2.38. The molecule has 0 unspecified atom stereocenters. The van der Waals surface area contributed by atoms with Crippen molar-refractivity contribution in [2.24, 2.45) is 0 Å². The fraction of sp³-hybridized carbons (Fsp3) is 0.720. The van der Waals surface area contributed by atoms with Gasteiger partial charge in [-0.2, -0.15) is 0 Å². The van der Waals surface area contributed by atoms with Gasteiger partial charge in [-0.05, 0) is 57.8 Å². The number of likely N-dealkylation sites (N-methyl/N-ethyl adjacent to an activating group) is 1. The summed E-state index contributed by atoms with van der Waals surface area (Å²) >= 11 is 0. The number of hydrogen-bond acceptors (Lipinski definition) is 4. The van der Waals surface area contributed by atoms with Crippen LogP contribution in [0.2, 0.25) is 18.1 Å². The third kappa shape index (κ3) is 7.33. The summed E-state index contributed by atoms with van der Waals surface area (Å²) in [6.07, 6.45) is 1.03. The Hall–Kier alpha value is -1.37. The van der Waals surface area contributed by atoms with Gasteiger partial charge in [0.25, 0.3) is 0 Å². The van der Waals surface area contributed by atoms with E-state index in [1.165, 1.54) is 5.56 Å². The summed E-state index contributed by atoms with van der Waals surface area (Å²) in [6.45, 7) is 22.0. The summed E-state index contributed by atoms with van der Waals surface area (Å²) in [6, 6.07) is 8.37. The Labute approximate surface area is 191 Å². The van der Waals surface area contributed by atoms with Gasteiger partial charge in [-0.3, -0.25) is 4.90 Å². The molecule has 2 rings (SSSR count). The van der Waals surface area contributed by atoms with Crippen LogP contribution in [0.4, 0.5) is 4.79 Å². The van der Waals surface area contributed by atoms with E-state index in [0.717, 1.165) is 31.6 Å². The lowest BCUT2D eigenvalue weighted by atomic mass is 10.0. The van der Waals surface area contributed by atoms with Crippen LogP contribution in [-0.2, 0) is 9.16 Å². The van der Waals surface area contributed by atoms with Crippen LogP contribution in [-0.4, -0.2) is 62.6 Å². The molecule has 1 fully saturated rings. The monoisotopic (exact) mass is 448 g/mol. The van der Waals surface area contributed by atoms with E-state index in [1.54, 1.807) is 4.90 Å². The lowest BCUT2D eigenvalue weighted by Gasteiger charge is -2.38. The number of ether oxygens (including phenoxy) is 1. The van der Waals surface area contributed by atoms with E-state index in [9.17, 15) is 4.79 Å². The molecule has 0 bridgehead atoms. The van der Waals surface area contributed by atoms with Gasteiger partial charge in [-0.15, -0.1) is 0 Å². The van der Waals surface area contributed by atoms with Crippen LogP contribution in [0, 0.1) is 6.92 Å². The van der Waals surface area contributed by atoms with Crippen molar-refractivity contribution < 1.29 is 14.0 Å². The molecule has 5 nitrogen and oxygen atoms in total. The van der Waals surface area contributed by atoms with Gasteiger partial charge in [0.05, 0.1) is 12.1 Å². The molecule has 1 aromatic rings. The molecule has 176 valence electrons. The van der Waals surface area contributed by atoms with Gasteiger partial charge in [0, 0.05) is 26.7 Å². The Morgan fingerprint density at radius 2 is 1.87 bits per heavy atom. The van der Waals surface area contributed by atoms with Gasteiger partial charge in [-0.1, -0.05) is 50.6 Å². The predicted octanol–water partition coefficient (Wildman–Crippen LogP) is 6.00. The molecule has 0 aliphatic carbocycles. The second-order valence-corrected chi connectivity index (χ2v) is 16.3. The second kappa shape index (κ2) is 9.63. The fourth-order valence-corrected chi connectivity index (χ4v) is 5.07. The van der Waals surface area contributed by atoms with Crippen LogP contribution >= 0.6 is 0 Å². The molecule has 1 aliphatic rings. The van der Waals surface area contributed by atoms with Crippen molar-refractivity contribution in [2.75, 3.05) is 26.7 Å². The predicted molar refractivity (Wildman–Crippen MR) is 131 cm³/mol. The number of likely N-dealkylation sites (tertiary alicyclic amines) is 1. The van der Waals surface area contributed by atoms with E-state index in [4.69, 9.17) is 9.16 Å². The standard InChI is InChI=1S/C25H44N2O3Si/c1-19-12-11-13-20(16-19)22(26(8)23(28)29-24(2,3)4)18-27-15-14-21(17-27)30-31(9,10)25(5,6)7/h11-13,16,21-22H,14-15,17-18H2,1-10H3/t21-,22-/m0/s1. The zero-order valence-corrected chi connectivity index (χ0v) is 22.4. The Morgan fingerprint density at radius 1 is 1.23 bits per heavy atom. The Kier molecular flexibility index (Phi) is 8.04. The van der Waals surface area contributed by atoms with E-state index in [1.807, 2.05) is 27.8 Å². The molecule has 1 aromatic carbocycles. The Balaban J connectivity index is 2.14. The Bertz CT molecular complexity index is 752. The molecular formula is C25H44N2O3Si. The highest BCUT2D eigenvalue weighted by molar-refractivity contribution is 6.74. The molecule has 0 aromatic heterocycles. The molecule has 1 amide bonds. The van der Waals surface area contributed by atoms with E-state index >= 15 is 0 Å². The van der Waals surface area contributed by atoms with Crippen LogP contribution < -0.4 is 0 Å². The number of aryl methyl sites for hydroxylation is 1. The molecule has 6 heteroatoms. The summed E-state index contributed by atoms with van der Waals surface area (Å²) in [5, 5.41) is 0.210. The maximum Gasteiger partial charge on any atom is 0.410 e. The van der Waals surface area contributed by atoms with Crippen LogP contribution in [0.3, 0.4) is 0 Å². The van der Waals surface area contributed by atoms with Gasteiger partial charge < -0.3 is 14.1 Å². The SMILES string of the molecule is Cc1cccc([C@H](CN2CC[C@H](O[Si](C)(C)C(C)(C)C)C2)N(C)C(=O)OC(C)(C)C)c1. The average molecular weight is 449 g/mol. The van der Waals surface area contributed by atoms with Crippen molar-refractivity contribution >= 4 is 14.4 Å². The zero-order chi connectivity index (χ0) is 23.6. The third-order valence-electron chi connectivity index (χ3n) is 6.50. The Morgan fingerprint density at radius 3 is 2.42 bits per heavy atom. The summed E-state index contributed by atoms with van der Waals surface area (Å²) in [7, 11) is 0.0594. The van der Waals surface area contributed by atoms with Crippen molar-refractivity contribution in [3.8, 4) is 0 Å². The number of hydrogen-bond donors (Lipinski definition) is 0. The molecule has 31 heavy (non-hydrogen) atoms. The first kappa shape index (κ1) is 25.9. The minimum Gasteiger partial charge on any atom is -0.444 e. The number of amides is 1. The number of carbonyl (C=O) groups is 1. The van der Waals surface area contributed by atoms with Crippen molar-refractivity contribution in [3.63, 3.8) is 0 Å². The molecule has 0 saturated carbocycles. The van der Waals surface area contributed by atoms with Gasteiger partial charge in [0.1, 0.15) is 5.60 Å². The van der Waals surface area contributed by atoms with E-state index in [2.05, 4.69) is 70.0 Å². The lowest BCUT2D eigenvalue weighted by molar-refractivity contribution is 0.0187. The molecule has 0 radical (unpaired) electrons. The van der Waals surface area contributed by atoms with Crippen LogP contribution in [0.15, 0.2) is 24.3 Å².